The molecule has 0 unspecified atom stereocenters. The molecule has 0 saturated carbocycles. The Labute approximate surface area is 359 Å². The van der Waals surface area contributed by atoms with Crippen LogP contribution in [-0.4, -0.2) is 100 Å². The van der Waals surface area contributed by atoms with E-state index >= 15 is 4.79 Å². The predicted octanol–water partition coefficient (Wildman–Crippen LogP) is 5.71. The maximum Gasteiger partial charge on any atom is 0.331 e. The second kappa shape index (κ2) is 15.8. The van der Waals surface area contributed by atoms with Crippen LogP contribution in [0.15, 0.2) is 43.5 Å². The third-order valence-corrected chi connectivity index (χ3v) is 14.6. The summed E-state index contributed by atoms with van der Waals surface area (Å²) in [7, 11) is 5.28. The maximum atomic E-state index is 15.0. The molecule has 7 aliphatic heterocycles. The van der Waals surface area contributed by atoms with E-state index in [9.17, 15) is 10.1 Å². The highest BCUT2D eigenvalue weighted by molar-refractivity contribution is 7.99. The molecule has 0 amide bonds. The number of carbonyl (C=O) groups is 2. The molecule has 3 aromatic carbocycles. The van der Waals surface area contributed by atoms with Gasteiger partial charge in [-0.3, -0.25) is 19.9 Å². The number of benzene rings is 3. The molecule has 0 aliphatic carbocycles. The lowest BCUT2D eigenvalue weighted by atomic mass is 9.71. The summed E-state index contributed by atoms with van der Waals surface area (Å²) in [5.74, 6) is 2.85. The van der Waals surface area contributed by atoms with Crippen LogP contribution in [-0.2, 0) is 32.7 Å². The van der Waals surface area contributed by atoms with Crippen LogP contribution in [0, 0.1) is 25.2 Å². The first-order chi connectivity index (χ1) is 29.5. The average molecular weight is 851 g/mol. The van der Waals surface area contributed by atoms with Gasteiger partial charge in [-0.05, 0) is 68.1 Å². The van der Waals surface area contributed by atoms with Gasteiger partial charge in [-0.15, -0.1) is 11.8 Å². The second-order valence-electron chi connectivity index (χ2n) is 16.2. The van der Waals surface area contributed by atoms with Crippen LogP contribution >= 0.6 is 11.8 Å². The number of methoxy groups -OCH3 is 2. The van der Waals surface area contributed by atoms with E-state index in [1.54, 1.807) is 38.1 Å². The minimum atomic E-state index is -1.32. The number of rotatable bonds is 9. The molecule has 2 fully saturated rings. The van der Waals surface area contributed by atoms with Crippen molar-refractivity contribution in [2.75, 3.05) is 60.2 Å². The van der Waals surface area contributed by atoms with E-state index in [2.05, 4.69) is 47.5 Å². The van der Waals surface area contributed by atoms with Crippen molar-refractivity contribution in [3.8, 4) is 46.3 Å². The van der Waals surface area contributed by atoms with Crippen molar-refractivity contribution in [2.45, 2.75) is 74.6 Å². The molecule has 1 spiro atoms. The fraction of sp³-hybridized carbons (Fsp3) is 0.457. The number of hydrogen-bond donors (Lipinski definition) is 1. The molecule has 0 radical (unpaired) electrons. The Morgan fingerprint density at radius 1 is 1.00 bits per heavy atom. The Kier molecular flexibility index (Phi) is 10.6. The molecular formula is C46H50N4O10S. The number of nitriles is 1. The number of likely N-dealkylation sites (N-methyl/N-ethyl adjacent to an activating group) is 1. The second-order valence-corrected chi connectivity index (χ2v) is 17.4. The van der Waals surface area contributed by atoms with Crippen molar-refractivity contribution in [3.63, 3.8) is 0 Å². The lowest BCUT2D eigenvalue weighted by molar-refractivity contribution is -0.157. The number of ether oxygens (including phenoxy) is 8. The number of aryl methyl sites for hydroxylation is 1. The SMILES string of the molecule is C=CCOc1cc2c(cc1OC)[C@@]1(CS[C@@H]3c4c(OC(C)=O)c(C)c5c(c4[C@@H](COC1=O)N1[C@@H]3[C@H]3c4c(cc(C)c(OC)c4OCC=C)C[C@@H]([C@@H]1C#N)N3C)OCO5)NCC2. The number of thioether (sulfide) groups is 1. The number of esters is 2. The van der Waals surface area contributed by atoms with Gasteiger partial charge in [-0.25, -0.2) is 4.79 Å². The average Bonchev–Trinajstić information content (AvgIpc) is 3.74. The smallest absolute Gasteiger partial charge is 0.331 e. The zero-order valence-corrected chi connectivity index (χ0v) is 36.1. The Morgan fingerprint density at radius 2 is 1.77 bits per heavy atom. The zero-order chi connectivity index (χ0) is 42.9. The van der Waals surface area contributed by atoms with Crippen LogP contribution in [0.2, 0.25) is 0 Å². The van der Waals surface area contributed by atoms with E-state index in [1.165, 1.54) is 6.92 Å². The molecule has 7 aliphatic rings. The van der Waals surface area contributed by atoms with Crippen molar-refractivity contribution in [3.05, 3.63) is 88.0 Å². The van der Waals surface area contributed by atoms with Gasteiger partial charge in [0.1, 0.15) is 31.6 Å². The van der Waals surface area contributed by atoms with Gasteiger partial charge >= 0.3 is 11.9 Å². The quantitative estimate of drug-likeness (QED) is 0.159. The fourth-order valence-corrected chi connectivity index (χ4v) is 12.4. The number of fused-ring (bicyclic) bond motifs is 9. The Morgan fingerprint density at radius 3 is 2.49 bits per heavy atom. The summed E-state index contributed by atoms with van der Waals surface area (Å²) in [5, 5.41) is 14.4. The van der Waals surface area contributed by atoms with Crippen molar-refractivity contribution >= 4 is 23.7 Å². The van der Waals surface area contributed by atoms with E-state index in [1.807, 2.05) is 26.0 Å². The summed E-state index contributed by atoms with van der Waals surface area (Å²) in [4.78, 5) is 32.7. The fourth-order valence-electron chi connectivity index (χ4n) is 10.7. The lowest BCUT2D eigenvalue weighted by Gasteiger charge is -2.62. The molecule has 7 heterocycles. The third-order valence-electron chi connectivity index (χ3n) is 13.1. The van der Waals surface area contributed by atoms with Crippen molar-refractivity contribution in [1.82, 2.24) is 15.1 Å². The van der Waals surface area contributed by atoms with E-state index < -0.39 is 40.9 Å². The molecule has 1 N–H and O–H groups in total. The van der Waals surface area contributed by atoms with Crippen LogP contribution in [0.25, 0.3) is 0 Å². The van der Waals surface area contributed by atoms with Gasteiger partial charge < -0.3 is 37.9 Å². The molecule has 10 rings (SSSR count). The molecule has 14 nitrogen and oxygen atoms in total. The first-order valence-corrected chi connectivity index (χ1v) is 21.5. The van der Waals surface area contributed by atoms with E-state index in [-0.39, 0.29) is 44.5 Å². The topological polar surface area (TPSA) is 150 Å². The normalized spacial score (nSPS) is 27.0. The minimum Gasteiger partial charge on any atom is -0.493 e. The largest absolute Gasteiger partial charge is 0.493 e. The van der Waals surface area contributed by atoms with Crippen molar-refractivity contribution < 1.29 is 47.5 Å². The Balaban J connectivity index is 1.32. The van der Waals surface area contributed by atoms with Crippen molar-refractivity contribution in [1.29, 1.82) is 5.26 Å². The van der Waals surface area contributed by atoms with Crippen molar-refractivity contribution in [2.24, 2.45) is 0 Å². The summed E-state index contributed by atoms with van der Waals surface area (Å²) in [5.41, 5.74) is 5.33. The van der Waals surface area contributed by atoms with Gasteiger partial charge in [0, 0.05) is 53.6 Å². The van der Waals surface area contributed by atoms with Crippen LogP contribution in [0.4, 0.5) is 0 Å². The van der Waals surface area contributed by atoms with Gasteiger partial charge in [-0.2, -0.15) is 5.26 Å². The van der Waals surface area contributed by atoms with Gasteiger partial charge in [-0.1, -0.05) is 31.4 Å². The molecule has 320 valence electrons. The summed E-state index contributed by atoms with van der Waals surface area (Å²) in [6.45, 7) is 13.8. The molecule has 7 atom stereocenters. The molecule has 0 aromatic heterocycles. The molecule has 2 saturated heterocycles. The van der Waals surface area contributed by atoms with E-state index in [0.717, 1.165) is 33.4 Å². The predicted molar refractivity (Wildman–Crippen MR) is 226 cm³/mol. The highest BCUT2D eigenvalue weighted by Gasteiger charge is 2.62. The molecule has 3 aromatic rings. The van der Waals surface area contributed by atoms with E-state index in [0.29, 0.717) is 70.8 Å². The summed E-state index contributed by atoms with van der Waals surface area (Å²) < 4.78 is 49.7. The standard InChI is InChI=1S/C46H50N4O10S/c1-9-13-55-33-17-26-11-12-48-46(28(26)18-32(33)53-7)21-61-44-36-35(43-41(58-22-59-43)24(4)40(36)60-25(5)51)31(20-57-45(46)52)50-30(19-47)29-16-27-15-23(3)39(54-8)42(56-14-10-2)34(27)37(38(44)50)49(29)6/h9-10,15,17-18,29-31,37-38,44,48H,1-2,11-14,16,20-22H2,3-8H3/t29-,30-,31+,37+,38+,44+,46+/m0/s1. The third kappa shape index (κ3) is 6.16. The first kappa shape index (κ1) is 41.0. The molecule has 61 heavy (non-hydrogen) atoms. The number of carbonyl (C=O) groups excluding carboxylic acids is 2. The minimum absolute atomic E-state index is 0.0454. The summed E-state index contributed by atoms with van der Waals surface area (Å²) in [6, 6.07) is 6.20. The highest BCUT2D eigenvalue weighted by atomic mass is 32.2. The van der Waals surface area contributed by atoms with Gasteiger partial charge in [0.15, 0.2) is 40.0 Å². The summed E-state index contributed by atoms with van der Waals surface area (Å²) >= 11 is 1.55. The monoisotopic (exact) mass is 850 g/mol. The maximum absolute atomic E-state index is 15.0. The van der Waals surface area contributed by atoms with Gasteiger partial charge in [0.05, 0.1) is 37.6 Å². The van der Waals surface area contributed by atoms with Gasteiger partial charge in [0.2, 0.25) is 6.79 Å². The highest BCUT2D eigenvalue weighted by Crippen LogP contribution is 2.65. The van der Waals surface area contributed by atoms with E-state index in [4.69, 9.17) is 37.9 Å². The number of nitrogens with zero attached hydrogens (tertiary/aromatic N) is 3. The Hall–Kier alpha value is -5.40. The summed E-state index contributed by atoms with van der Waals surface area (Å²) in [6.07, 6.45) is 4.58. The number of hydrogen-bond acceptors (Lipinski definition) is 15. The first-order valence-electron chi connectivity index (χ1n) is 20.5. The molecular weight excluding hydrogens is 801 g/mol. The lowest BCUT2D eigenvalue weighted by Crippen LogP contribution is -2.69. The number of piperazine rings is 1. The number of nitrogens with one attached hydrogen (secondary N) is 1. The van der Waals surface area contributed by atoms with Crippen LogP contribution in [0.1, 0.15) is 68.8 Å². The molecule has 4 bridgehead atoms. The zero-order valence-electron chi connectivity index (χ0n) is 35.3. The van der Waals surface area contributed by atoms with Crippen LogP contribution < -0.4 is 38.5 Å². The van der Waals surface area contributed by atoms with Crippen LogP contribution in [0.3, 0.4) is 0 Å². The van der Waals surface area contributed by atoms with Crippen LogP contribution in [0.5, 0.6) is 40.2 Å². The Bertz CT molecular complexity index is 2400. The molecule has 15 heteroatoms. The van der Waals surface area contributed by atoms with Gasteiger partial charge in [0.25, 0.3) is 0 Å².